The van der Waals surface area contributed by atoms with Crippen molar-refractivity contribution in [3.63, 3.8) is 0 Å². The molecule has 2 aliphatic rings. The van der Waals surface area contributed by atoms with E-state index in [0.29, 0.717) is 30.0 Å². The number of hydrogen-bond donors (Lipinski definition) is 2. The van der Waals surface area contributed by atoms with Crippen molar-refractivity contribution in [1.29, 1.82) is 0 Å². The van der Waals surface area contributed by atoms with Crippen LogP contribution in [0.15, 0.2) is 91.3 Å². The van der Waals surface area contributed by atoms with Gasteiger partial charge in [-0.3, -0.25) is 9.69 Å². The average molecular weight is 746 g/mol. The molecule has 0 unspecified atom stereocenters. The van der Waals surface area contributed by atoms with E-state index in [4.69, 9.17) is 9.47 Å². The lowest BCUT2D eigenvalue weighted by atomic mass is 9.97. The highest BCUT2D eigenvalue weighted by Gasteiger charge is 2.34. The summed E-state index contributed by atoms with van der Waals surface area (Å²) < 4.78 is 82.6. The van der Waals surface area contributed by atoms with E-state index in [9.17, 15) is 31.9 Å². The van der Waals surface area contributed by atoms with E-state index in [1.807, 2.05) is 48.5 Å². The van der Waals surface area contributed by atoms with Gasteiger partial charge >= 0.3 is 0 Å². The molecular weight excluding hydrogens is 709 g/mol. The Kier molecular flexibility index (Phi) is 11.2. The Morgan fingerprint density at radius 3 is 2.06 bits per heavy atom. The van der Waals surface area contributed by atoms with Crippen LogP contribution in [0.2, 0.25) is 0 Å². The molecule has 14 heteroatoms. The van der Waals surface area contributed by atoms with Gasteiger partial charge in [-0.05, 0) is 33.9 Å². The van der Waals surface area contributed by atoms with Crippen LogP contribution in [-0.4, -0.2) is 64.7 Å². The van der Waals surface area contributed by atoms with Crippen molar-refractivity contribution in [2.24, 2.45) is 0 Å². The second kappa shape index (κ2) is 16.4. The molecule has 1 aromatic heterocycles. The molecule has 0 aliphatic carbocycles. The van der Waals surface area contributed by atoms with Gasteiger partial charge in [-0.15, -0.1) is 0 Å². The SMILES string of the molecule is O=C(NCc1ccccc1-c1ccc([C@H]2O[C@@H](CN3CCN(c4ncccn4)CC3)C[C@@H](c3ccc(CO)cc3)O2)cc1)c1c(F)c(F)c(F)c(F)c1F. The number of carbonyl (C=O) groups excluding carboxylic acids is 1. The van der Waals surface area contributed by atoms with Crippen LogP contribution in [0.1, 0.15) is 51.4 Å². The van der Waals surface area contributed by atoms with Gasteiger partial charge in [0.2, 0.25) is 11.8 Å². The van der Waals surface area contributed by atoms with Gasteiger partial charge in [-0.2, -0.15) is 0 Å². The quantitative estimate of drug-likeness (QED) is 0.0935. The van der Waals surface area contributed by atoms with Crippen LogP contribution in [0.25, 0.3) is 11.1 Å². The van der Waals surface area contributed by atoms with E-state index in [1.54, 1.807) is 42.7 Å². The van der Waals surface area contributed by atoms with Crippen molar-refractivity contribution in [3.05, 3.63) is 148 Å². The molecule has 4 aromatic carbocycles. The molecule has 2 saturated heterocycles. The lowest BCUT2D eigenvalue weighted by molar-refractivity contribution is -0.253. The number of aliphatic hydroxyl groups excluding tert-OH is 1. The topological polar surface area (TPSA) is 100 Å². The smallest absolute Gasteiger partial charge is 0.257 e. The molecule has 3 atom stereocenters. The summed E-state index contributed by atoms with van der Waals surface area (Å²) >= 11 is 0. The Labute approximate surface area is 308 Å². The maximum absolute atomic E-state index is 14.3. The molecule has 0 saturated carbocycles. The highest BCUT2D eigenvalue weighted by atomic mass is 19.2. The molecule has 3 heterocycles. The predicted octanol–water partition coefficient (Wildman–Crippen LogP) is 6.63. The summed E-state index contributed by atoms with van der Waals surface area (Å²) in [5, 5.41) is 11.8. The zero-order valence-corrected chi connectivity index (χ0v) is 28.9. The van der Waals surface area contributed by atoms with E-state index < -0.39 is 46.8 Å². The Morgan fingerprint density at radius 1 is 0.759 bits per heavy atom. The fraction of sp³-hybridized carbons (Fsp3) is 0.275. The predicted molar refractivity (Wildman–Crippen MR) is 188 cm³/mol. The van der Waals surface area contributed by atoms with Crippen molar-refractivity contribution in [2.75, 3.05) is 37.6 Å². The maximum Gasteiger partial charge on any atom is 0.257 e. The molecule has 5 aromatic rings. The molecule has 2 N–H and O–H groups in total. The van der Waals surface area contributed by atoms with Crippen LogP contribution in [-0.2, 0) is 22.6 Å². The van der Waals surface area contributed by atoms with Crippen LogP contribution >= 0.6 is 0 Å². The van der Waals surface area contributed by atoms with Crippen LogP contribution in [0.3, 0.4) is 0 Å². The van der Waals surface area contributed by atoms with Crippen LogP contribution in [0.5, 0.6) is 0 Å². The third-order valence-electron chi connectivity index (χ3n) is 9.67. The molecule has 0 bridgehead atoms. The lowest BCUT2D eigenvalue weighted by Crippen LogP contribution is -2.50. The first-order chi connectivity index (χ1) is 26.2. The molecule has 9 nitrogen and oxygen atoms in total. The molecule has 54 heavy (non-hydrogen) atoms. The molecule has 1 amide bonds. The number of nitrogens with one attached hydrogen (secondary N) is 1. The summed E-state index contributed by atoms with van der Waals surface area (Å²) in [5.74, 6) is -11.9. The first-order valence-electron chi connectivity index (χ1n) is 17.4. The number of piperazine rings is 1. The van der Waals surface area contributed by atoms with E-state index >= 15 is 0 Å². The lowest BCUT2D eigenvalue weighted by Gasteiger charge is -2.40. The number of carbonyl (C=O) groups is 1. The van der Waals surface area contributed by atoms with Gasteiger partial charge in [0.1, 0.15) is 5.56 Å². The summed E-state index contributed by atoms with van der Waals surface area (Å²) in [6, 6.07) is 23.9. The number of aliphatic hydroxyl groups is 1. The number of nitrogens with zero attached hydrogens (tertiary/aromatic N) is 4. The minimum atomic E-state index is -2.34. The Bertz CT molecular complexity index is 2060. The Balaban J connectivity index is 1.06. The Morgan fingerprint density at radius 2 is 1.39 bits per heavy atom. The summed E-state index contributed by atoms with van der Waals surface area (Å²) in [5.41, 5.74) is 2.94. The second-order valence-electron chi connectivity index (χ2n) is 13.1. The zero-order chi connectivity index (χ0) is 37.8. The number of ether oxygens (including phenoxy) is 2. The van der Waals surface area contributed by atoms with E-state index in [0.717, 1.165) is 48.4 Å². The number of amides is 1. The van der Waals surface area contributed by atoms with Crippen molar-refractivity contribution in [1.82, 2.24) is 20.2 Å². The average Bonchev–Trinajstić information content (AvgIpc) is 3.22. The first-order valence-corrected chi connectivity index (χ1v) is 17.4. The van der Waals surface area contributed by atoms with Crippen molar-refractivity contribution in [3.8, 4) is 11.1 Å². The van der Waals surface area contributed by atoms with Crippen LogP contribution in [0, 0.1) is 29.1 Å². The molecule has 280 valence electrons. The second-order valence-corrected chi connectivity index (χ2v) is 13.1. The first kappa shape index (κ1) is 37.1. The fourth-order valence-electron chi connectivity index (χ4n) is 6.75. The molecular formula is C40H36F5N5O4. The van der Waals surface area contributed by atoms with Crippen LogP contribution < -0.4 is 10.2 Å². The number of hydrogen-bond acceptors (Lipinski definition) is 8. The van der Waals surface area contributed by atoms with E-state index in [1.165, 1.54) is 0 Å². The summed E-state index contributed by atoms with van der Waals surface area (Å²) in [6.45, 7) is 3.57. The maximum atomic E-state index is 14.3. The summed E-state index contributed by atoms with van der Waals surface area (Å²) in [7, 11) is 0. The fourth-order valence-corrected chi connectivity index (χ4v) is 6.75. The molecule has 2 fully saturated rings. The van der Waals surface area contributed by atoms with Crippen molar-refractivity contribution in [2.45, 2.75) is 38.1 Å². The standard InChI is InChI=1S/C40H36F5N5O4/c41-33-32(34(42)36(44)37(45)35(33)43)38(52)48-21-28-4-1-2-5-30(28)25-10-12-27(13-11-25)39-53-29(20-31(54-39)26-8-6-24(23-51)7-9-26)22-49-16-18-50(19-17-49)40-46-14-3-15-47-40/h1-15,29,31,39,51H,16-23H2,(H,48,52)/t29-,31+,39+/m1/s1. The third-order valence-corrected chi connectivity index (χ3v) is 9.67. The van der Waals surface area contributed by atoms with Gasteiger partial charge < -0.3 is 24.8 Å². The van der Waals surface area contributed by atoms with Gasteiger partial charge in [0, 0.05) is 63.6 Å². The number of benzene rings is 4. The van der Waals surface area contributed by atoms with Crippen molar-refractivity contribution >= 4 is 11.9 Å². The highest BCUT2D eigenvalue weighted by molar-refractivity contribution is 5.95. The number of rotatable bonds is 10. The third kappa shape index (κ3) is 7.97. The zero-order valence-electron chi connectivity index (χ0n) is 28.9. The highest BCUT2D eigenvalue weighted by Crippen LogP contribution is 2.39. The molecule has 0 radical (unpaired) electrons. The number of anilines is 1. The minimum absolute atomic E-state index is 0.0622. The van der Waals surface area contributed by atoms with E-state index in [-0.39, 0.29) is 25.4 Å². The summed E-state index contributed by atoms with van der Waals surface area (Å²) in [6.07, 6.45) is 2.97. The number of aromatic nitrogens is 2. The molecule has 7 rings (SSSR count). The van der Waals surface area contributed by atoms with Crippen molar-refractivity contribution < 1.29 is 41.3 Å². The van der Waals surface area contributed by atoms with Gasteiger partial charge in [-0.1, -0.05) is 72.8 Å². The summed E-state index contributed by atoms with van der Waals surface area (Å²) in [4.78, 5) is 25.9. The van der Waals surface area contributed by atoms with Crippen LogP contribution in [0.4, 0.5) is 27.9 Å². The normalized spacial score (nSPS) is 19.1. The molecule has 0 spiro atoms. The van der Waals surface area contributed by atoms with Gasteiger partial charge in [-0.25, -0.2) is 31.9 Å². The number of halogens is 5. The van der Waals surface area contributed by atoms with Gasteiger partial charge in [0.15, 0.2) is 29.6 Å². The van der Waals surface area contributed by atoms with Gasteiger partial charge in [0.05, 0.1) is 18.8 Å². The largest absolute Gasteiger partial charge is 0.392 e. The van der Waals surface area contributed by atoms with Gasteiger partial charge in [0.25, 0.3) is 5.91 Å². The van der Waals surface area contributed by atoms with E-state index in [2.05, 4.69) is 25.1 Å². The molecule has 2 aliphatic heterocycles. The monoisotopic (exact) mass is 745 g/mol. The Hall–Kier alpha value is -5.28. The minimum Gasteiger partial charge on any atom is -0.392 e.